The highest BCUT2D eigenvalue weighted by atomic mass is 32.2. The number of aromatic nitrogens is 2. The second-order valence-electron chi connectivity index (χ2n) is 3.58. The molecule has 0 fully saturated rings. The molecule has 1 atom stereocenters. The first-order valence-corrected chi connectivity index (χ1v) is 6.42. The number of urea groups is 1. The standard InChI is InChI=1S/C10H15N5O3S/c1-3-12-9(18)15-8(17)5(2)19-10-13-6(11)4-7(16)14-10/h4-5H,3H2,1-2H3,(H3,11,13,14,16)(H2,12,15,17,18). The number of aromatic amines is 1. The van der Waals surface area contributed by atoms with Gasteiger partial charge in [-0.2, -0.15) is 0 Å². The number of carbonyl (C=O) groups is 2. The quantitative estimate of drug-likeness (QED) is 0.443. The van der Waals surface area contributed by atoms with Crippen LogP contribution in [-0.4, -0.2) is 33.7 Å². The molecular weight excluding hydrogens is 270 g/mol. The van der Waals surface area contributed by atoms with Gasteiger partial charge in [0.05, 0.1) is 5.25 Å². The topological polar surface area (TPSA) is 130 Å². The zero-order valence-electron chi connectivity index (χ0n) is 10.5. The van der Waals surface area contributed by atoms with Crippen molar-refractivity contribution in [2.45, 2.75) is 24.3 Å². The molecule has 0 radical (unpaired) electrons. The van der Waals surface area contributed by atoms with Crippen LogP contribution in [0.4, 0.5) is 10.6 Å². The van der Waals surface area contributed by atoms with Crippen LogP contribution >= 0.6 is 11.8 Å². The molecule has 9 heteroatoms. The minimum Gasteiger partial charge on any atom is -0.383 e. The van der Waals surface area contributed by atoms with E-state index in [-0.39, 0.29) is 11.0 Å². The number of nitrogen functional groups attached to an aromatic ring is 1. The fourth-order valence-electron chi connectivity index (χ4n) is 1.15. The number of rotatable bonds is 4. The smallest absolute Gasteiger partial charge is 0.321 e. The molecule has 0 aliphatic rings. The monoisotopic (exact) mass is 285 g/mol. The molecule has 3 amide bonds. The van der Waals surface area contributed by atoms with Crippen LogP contribution in [0.5, 0.6) is 0 Å². The summed E-state index contributed by atoms with van der Waals surface area (Å²) in [5.41, 5.74) is 5.03. The molecule has 8 nitrogen and oxygen atoms in total. The van der Waals surface area contributed by atoms with Crippen LogP contribution in [0.2, 0.25) is 0 Å². The van der Waals surface area contributed by atoms with Crippen molar-refractivity contribution >= 4 is 29.5 Å². The highest BCUT2D eigenvalue weighted by Crippen LogP contribution is 2.18. The third kappa shape index (κ3) is 5.00. The zero-order valence-corrected chi connectivity index (χ0v) is 11.3. The number of nitrogens with zero attached hydrogens (tertiary/aromatic N) is 1. The summed E-state index contributed by atoms with van der Waals surface area (Å²) >= 11 is 1.00. The molecule has 0 aliphatic heterocycles. The number of nitrogens with one attached hydrogen (secondary N) is 3. The first-order chi connectivity index (χ1) is 8.92. The van der Waals surface area contributed by atoms with Crippen molar-refractivity contribution in [1.29, 1.82) is 0 Å². The lowest BCUT2D eigenvalue weighted by Crippen LogP contribution is -2.42. The molecule has 0 spiro atoms. The van der Waals surface area contributed by atoms with Crippen LogP contribution < -0.4 is 21.9 Å². The number of amides is 3. The number of anilines is 1. The molecule has 104 valence electrons. The van der Waals surface area contributed by atoms with Crippen molar-refractivity contribution < 1.29 is 9.59 Å². The Hall–Kier alpha value is -2.03. The van der Waals surface area contributed by atoms with Crippen molar-refractivity contribution in [3.63, 3.8) is 0 Å². The second-order valence-corrected chi connectivity index (χ2v) is 4.91. The summed E-state index contributed by atoms with van der Waals surface area (Å²) in [6, 6.07) is 0.581. The Kier molecular flexibility index (Phi) is 5.37. The number of hydrogen-bond acceptors (Lipinski definition) is 6. The third-order valence-electron chi connectivity index (χ3n) is 1.97. The summed E-state index contributed by atoms with van der Waals surface area (Å²) in [6.07, 6.45) is 0. The van der Waals surface area contributed by atoms with Crippen molar-refractivity contribution in [2.24, 2.45) is 0 Å². The fraction of sp³-hybridized carbons (Fsp3) is 0.400. The van der Waals surface area contributed by atoms with Gasteiger partial charge in [-0.15, -0.1) is 0 Å². The Balaban J connectivity index is 2.63. The molecule has 0 saturated carbocycles. The minimum atomic E-state index is -0.604. The number of thioether (sulfide) groups is 1. The number of carbonyl (C=O) groups excluding carboxylic acids is 2. The summed E-state index contributed by atoms with van der Waals surface area (Å²) < 4.78 is 0. The lowest BCUT2D eigenvalue weighted by molar-refractivity contribution is -0.119. The maximum atomic E-state index is 11.7. The highest BCUT2D eigenvalue weighted by molar-refractivity contribution is 8.00. The Morgan fingerprint density at radius 1 is 1.58 bits per heavy atom. The van der Waals surface area contributed by atoms with E-state index in [1.54, 1.807) is 13.8 Å². The van der Waals surface area contributed by atoms with E-state index in [2.05, 4.69) is 20.6 Å². The van der Waals surface area contributed by atoms with Crippen LogP contribution in [0.1, 0.15) is 13.8 Å². The Bertz CT molecular complexity index is 530. The largest absolute Gasteiger partial charge is 0.383 e. The summed E-state index contributed by atoms with van der Waals surface area (Å²) in [6.45, 7) is 3.75. The van der Waals surface area contributed by atoms with E-state index in [4.69, 9.17) is 5.73 Å². The van der Waals surface area contributed by atoms with E-state index < -0.39 is 22.7 Å². The average molecular weight is 285 g/mol. The van der Waals surface area contributed by atoms with Crippen LogP contribution in [-0.2, 0) is 4.79 Å². The van der Waals surface area contributed by atoms with E-state index in [0.29, 0.717) is 6.54 Å². The van der Waals surface area contributed by atoms with Gasteiger partial charge < -0.3 is 16.0 Å². The van der Waals surface area contributed by atoms with E-state index in [0.717, 1.165) is 17.8 Å². The molecule has 0 saturated heterocycles. The maximum absolute atomic E-state index is 11.7. The predicted molar refractivity (Wildman–Crippen MR) is 71.8 cm³/mol. The van der Waals surface area contributed by atoms with Crippen LogP contribution in [0, 0.1) is 0 Å². The molecule has 0 aliphatic carbocycles. The van der Waals surface area contributed by atoms with E-state index in [9.17, 15) is 14.4 Å². The van der Waals surface area contributed by atoms with Gasteiger partial charge in [-0.25, -0.2) is 9.78 Å². The van der Waals surface area contributed by atoms with E-state index in [1.165, 1.54) is 0 Å². The molecule has 0 bridgehead atoms. The van der Waals surface area contributed by atoms with Gasteiger partial charge in [0.15, 0.2) is 5.16 Å². The van der Waals surface area contributed by atoms with Gasteiger partial charge in [-0.3, -0.25) is 14.9 Å². The number of H-pyrrole nitrogens is 1. The van der Waals surface area contributed by atoms with Crippen molar-refractivity contribution in [3.05, 3.63) is 16.4 Å². The van der Waals surface area contributed by atoms with Crippen LogP contribution in [0.15, 0.2) is 16.0 Å². The molecule has 1 aromatic heterocycles. The Morgan fingerprint density at radius 3 is 2.84 bits per heavy atom. The highest BCUT2D eigenvalue weighted by Gasteiger charge is 2.18. The number of hydrogen-bond donors (Lipinski definition) is 4. The maximum Gasteiger partial charge on any atom is 0.321 e. The third-order valence-corrected chi connectivity index (χ3v) is 2.96. The van der Waals surface area contributed by atoms with Gasteiger partial charge in [0.1, 0.15) is 5.82 Å². The molecule has 1 unspecified atom stereocenters. The lowest BCUT2D eigenvalue weighted by atomic mass is 10.4. The van der Waals surface area contributed by atoms with Crippen LogP contribution in [0.25, 0.3) is 0 Å². The fourth-order valence-corrected chi connectivity index (χ4v) is 1.97. The number of nitrogens with two attached hydrogens (primary N) is 1. The minimum absolute atomic E-state index is 0.0718. The molecular formula is C10H15N5O3S. The Labute approximate surface area is 113 Å². The first-order valence-electron chi connectivity index (χ1n) is 5.54. The van der Waals surface area contributed by atoms with Gasteiger partial charge in [0, 0.05) is 12.6 Å². The van der Waals surface area contributed by atoms with Gasteiger partial charge in [-0.05, 0) is 13.8 Å². The van der Waals surface area contributed by atoms with Crippen LogP contribution in [0.3, 0.4) is 0 Å². The van der Waals surface area contributed by atoms with Gasteiger partial charge in [0.2, 0.25) is 5.91 Å². The molecule has 1 heterocycles. The average Bonchev–Trinajstić information content (AvgIpc) is 2.27. The van der Waals surface area contributed by atoms with Gasteiger partial charge in [0.25, 0.3) is 5.56 Å². The summed E-state index contributed by atoms with van der Waals surface area (Å²) in [5.74, 6) is -0.413. The first kappa shape index (κ1) is 15.0. The van der Waals surface area contributed by atoms with E-state index >= 15 is 0 Å². The molecule has 19 heavy (non-hydrogen) atoms. The van der Waals surface area contributed by atoms with Crippen molar-refractivity contribution in [1.82, 2.24) is 20.6 Å². The molecule has 0 aromatic carbocycles. The predicted octanol–water partition coefficient (Wildman–Crippen LogP) is -0.322. The normalized spacial score (nSPS) is 11.7. The Morgan fingerprint density at radius 2 is 2.26 bits per heavy atom. The van der Waals surface area contributed by atoms with Crippen molar-refractivity contribution in [2.75, 3.05) is 12.3 Å². The summed E-state index contributed by atoms with van der Waals surface area (Å²) in [7, 11) is 0. The molecule has 1 rings (SSSR count). The lowest BCUT2D eigenvalue weighted by Gasteiger charge is -2.10. The summed E-state index contributed by atoms with van der Waals surface area (Å²) in [5, 5.41) is 4.23. The van der Waals surface area contributed by atoms with Crippen molar-refractivity contribution in [3.8, 4) is 0 Å². The summed E-state index contributed by atoms with van der Waals surface area (Å²) in [4.78, 5) is 40.3. The number of imide groups is 1. The zero-order chi connectivity index (χ0) is 14.4. The second kappa shape index (κ2) is 6.78. The van der Waals surface area contributed by atoms with Gasteiger partial charge >= 0.3 is 6.03 Å². The van der Waals surface area contributed by atoms with E-state index in [1.807, 2.05) is 0 Å². The molecule has 5 N–H and O–H groups in total. The molecule has 1 aromatic rings. The SMILES string of the molecule is CCNC(=O)NC(=O)C(C)Sc1nc(N)cc(=O)[nH]1. The van der Waals surface area contributed by atoms with Gasteiger partial charge in [-0.1, -0.05) is 11.8 Å².